The van der Waals surface area contributed by atoms with Crippen molar-refractivity contribution in [3.05, 3.63) is 62.3 Å². The van der Waals surface area contributed by atoms with Crippen molar-refractivity contribution in [1.29, 1.82) is 0 Å². The SMILES string of the molecule is CCC(=O)N1N=C(c2c(O)n(C)c(=O)n(C)c2=O)C[C@H]1c1ccccc1. The summed E-state index contributed by atoms with van der Waals surface area (Å²) in [7, 11) is 2.71. The number of rotatable bonds is 3. The van der Waals surface area contributed by atoms with E-state index in [1.165, 1.54) is 19.1 Å². The molecular weight excluding hydrogens is 336 g/mol. The molecule has 1 N–H and O–H groups in total. The summed E-state index contributed by atoms with van der Waals surface area (Å²) in [5.74, 6) is -0.635. The van der Waals surface area contributed by atoms with E-state index in [-0.39, 0.29) is 36.1 Å². The van der Waals surface area contributed by atoms with Crippen LogP contribution in [0.25, 0.3) is 0 Å². The first-order chi connectivity index (χ1) is 12.4. The van der Waals surface area contributed by atoms with Gasteiger partial charge in [0.2, 0.25) is 11.8 Å². The molecule has 1 aliphatic rings. The fourth-order valence-electron chi connectivity index (χ4n) is 3.07. The maximum Gasteiger partial charge on any atom is 0.333 e. The highest BCUT2D eigenvalue weighted by atomic mass is 16.3. The smallest absolute Gasteiger partial charge is 0.333 e. The number of hydrogen-bond donors (Lipinski definition) is 1. The molecule has 0 saturated heterocycles. The van der Waals surface area contributed by atoms with Crippen LogP contribution in [0, 0.1) is 0 Å². The van der Waals surface area contributed by atoms with Crippen molar-refractivity contribution in [3.63, 3.8) is 0 Å². The second-order valence-electron chi connectivity index (χ2n) is 6.17. The Hall–Kier alpha value is -3.16. The minimum atomic E-state index is -0.637. The third-order valence-corrected chi connectivity index (χ3v) is 4.57. The Bertz CT molecular complexity index is 1000. The number of aromatic hydroxyl groups is 1. The molecule has 1 aromatic carbocycles. The second-order valence-corrected chi connectivity index (χ2v) is 6.17. The zero-order chi connectivity index (χ0) is 19.0. The predicted molar refractivity (Wildman–Crippen MR) is 96.1 cm³/mol. The molecule has 8 heteroatoms. The molecule has 0 spiro atoms. The first-order valence-electron chi connectivity index (χ1n) is 8.30. The molecule has 0 radical (unpaired) electrons. The molecule has 1 aliphatic heterocycles. The average Bonchev–Trinajstić information content (AvgIpc) is 3.10. The summed E-state index contributed by atoms with van der Waals surface area (Å²) in [4.78, 5) is 36.8. The van der Waals surface area contributed by atoms with Gasteiger partial charge in [-0.1, -0.05) is 37.3 Å². The largest absolute Gasteiger partial charge is 0.494 e. The molecule has 0 unspecified atom stereocenters. The summed E-state index contributed by atoms with van der Waals surface area (Å²) in [6, 6.07) is 9.02. The molecule has 0 bridgehead atoms. The molecule has 2 aromatic rings. The van der Waals surface area contributed by atoms with Crippen LogP contribution < -0.4 is 11.2 Å². The van der Waals surface area contributed by atoms with Crippen LogP contribution in [-0.2, 0) is 18.9 Å². The van der Waals surface area contributed by atoms with Gasteiger partial charge in [0, 0.05) is 26.9 Å². The van der Waals surface area contributed by atoms with Gasteiger partial charge in [0.05, 0.1) is 11.8 Å². The van der Waals surface area contributed by atoms with E-state index in [1.807, 2.05) is 30.3 Å². The lowest BCUT2D eigenvalue weighted by Gasteiger charge is -2.21. The molecule has 1 atom stereocenters. The van der Waals surface area contributed by atoms with Gasteiger partial charge < -0.3 is 5.11 Å². The maximum absolute atomic E-state index is 12.5. The monoisotopic (exact) mass is 356 g/mol. The van der Waals surface area contributed by atoms with Crippen molar-refractivity contribution in [2.75, 3.05) is 0 Å². The van der Waals surface area contributed by atoms with E-state index < -0.39 is 17.1 Å². The molecule has 26 heavy (non-hydrogen) atoms. The summed E-state index contributed by atoms with van der Waals surface area (Å²) >= 11 is 0. The van der Waals surface area contributed by atoms with Crippen LogP contribution in [0.4, 0.5) is 0 Å². The predicted octanol–water partition coefficient (Wildman–Crippen LogP) is 0.877. The molecule has 136 valence electrons. The lowest BCUT2D eigenvalue weighted by Crippen LogP contribution is -2.39. The summed E-state index contributed by atoms with van der Waals surface area (Å²) in [5, 5.41) is 16.0. The van der Waals surface area contributed by atoms with Crippen LogP contribution in [0.2, 0.25) is 0 Å². The van der Waals surface area contributed by atoms with Crippen molar-refractivity contribution >= 4 is 11.6 Å². The van der Waals surface area contributed by atoms with Gasteiger partial charge in [-0.2, -0.15) is 5.10 Å². The number of benzene rings is 1. The highest BCUT2D eigenvalue weighted by molar-refractivity contribution is 6.04. The Morgan fingerprint density at radius 1 is 1.19 bits per heavy atom. The molecular formula is C18H20N4O4. The summed E-state index contributed by atoms with van der Waals surface area (Å²) in [6.07, 6.45) is 0.536. The first-order valence-corrected chi connectivity index (χ1v) is 8.30. The van der Waals surface area contributed by atoms with E-state index >= 15 is 0 Å². The number of hydrogen-bond acceptors (Lipinski definition) is 5. The van der Waals surface area contributed by atoms with Gasteiger partial charge in [0.15, 0.2) is 0 Å². The number of aromatic nitrogens is 2. The standard InChI is InChI=1S/C18H20N4O4/c1-4-14(23)22-13(11-8-6-5-7-9-11)10-12(19-22)15-16(24)20(2)18(26)21(3)17(15)25/h5-9,13,24H,4,10H2,1-3H3/t13-/m0/s1. The Labute approximate surface area is 149 Å². The van der Waals surface area contributed by atoms with Crippen LogP contribution in [0.5, 0.6) is 5.88 Å². The molecule has 0 saturated carbocycles. The van der Waals surface area contributed by atoms with Crippen molar-refractivity contribution in [3.8, 4) is 5.88 Å². The van der Waals surface area contributed by atoms with Gasteiger partial charge in [-0.25, -0.2) is 9.80 Å². The summed E-state index contributed by atoms with van der Waals surface area (Å²) in [6.45, 7) is 1.74. The number of carbonyl (C=O) groups excluding carboxylic acids is 1. The lowest BCUT2D eigenvalue weighted by molar-refractivity contribution is -0.132. The van der Waals surface area contributed by atoms with Crippen LogP contribution >= 0.6 is 0 Å². The van der Waals surface area contributed by atoms with Crippen molar-refractivity contribution in [1.82, 2.24) is 14.1 Å². The Morgan fingerprint density at radius 3 is 2.46 bits per heavy atom. The minimum absolute atomic E-state index is 0.0538. The second kappa shape index (κ2) is 6.62. The van der Waals surface area contributed by atoms with E-state index in [9.17, 15) is 19.5 Å². The van der Waals surface area contributed by atoms with E-state index in [0.29, 0.717) is 0 Å². The lowest BCUT2D eigenvalue weighted by atomic mass is 9.99. The molecule has 1 aromatic heterocycles. The number of hydrazone groups is 1. The fourth-order valence-corrected chi connectivity index (χ4v) is 3.07. The van der Waals surface area contributed by atoms with E-state index in [1.54, 1.807) is 6.92 Å². The quantitative estimate of drug-likeness (QED) is 0.883. The average molecular weight is 356 g/mol. The normalized spacial score (nSPS) is 16.7. The van der Waals surface area contributed by atoms with Crippen molar-refractivity contribution < 1.29 is 9.90 Å². The third kappa shape index (κ3) is 2.73. The maximum atomic E-state index is 12.5. The fraction of sp³-hybridized carbons (Fsp3) is 0.333. The van der Waals surface area contributed by atoms with Crippen molar-refractivity contribution in [2.45, 2.75) is 25.8 Å². The third-order valence-electron chi connectivity index (χ3n) is 4.57. The molecule has 1 amide bonds. The zero-order valence-electron chi connectivity index (χ0n) is 14.8. The topological polar surface area (TPSA) is 96.9 Å². The van der Waals surface area contributed by atoms with E-state index in [0.717, 1.165) is 14.7 Å². The first kappa shape index (κ1) is 17.7. The highest BCUT2D eigenvalue weighted by Crippen LogP contribution is 2.33. The van der Waals surface area contributed by atoms with Crippen LogP contribution in [-0.4, -0.2) is 30.9 Å². The van der Waals surface area contributed by atoms with Crippen LogP contribution in [0.1, 0.15) is 36.9 Å². The Kier molecular flexibility index (Phi) is 4.50. The van der Waals surface area contributed by atoms with Gasteiger partial charge in [-0.3, -0.25) is 18.7 Å². The number of nitrogens with zero attached hydrogens (tertiary/aromatic N) is 4. The Morgan fingerprint density at radius 2 is 1.85 bits per heavy atom. The number of amides is 1. The minimum Gasteiger partial charge on any atom is -0.494 e. The molecule has 2 heterocycles. The van der Waals surface area contributed by atoms with Gasteiger partial charge in [0.1, 0.15) is 5.56 Å². The van der Waals surface area contributed by atoms with Gasteiger partial charge in [0.25, 0.3) is 5.56 Å². The molecule has 0 aliphatic carbocycles. The van der Waals surface area contributed by atoms with Crippen LogP contribution in [0.3, 0.4) is 0 Å². The molecule has 8 nitrogen and oxygen atoms in total. The van der Waals surface area contributed by atoms with Gasteiger partial charge in [-0.05, 0) is 5.56 Å². The zero-order valence-corrected chi connectivity index (χ0v) is 14.8. The summed E-state index contributed by atoms with van der Waals surface area (Å²) < 4.78 is 1.90. The number of carbonyl (C=O) groups is 1. The molecule has 0 fully saturated rings. The van der Waals surface area contributed by atoms with E-state index in [4.69, 9.17) is 0 Å². The van der Waals surface area contributed by atoms with Gasteiger partial charge in [-0.15, -0.1) is 0 Å². The summed E-state index contributed by atoms with van der Waals surface area (Å²) in [5.41, 5.74) is -0.150. The van der Waals surface area contributed by atoms with Crippen molar-refractivity contribution in [2.24, 2.45) is 19.2 Å². The molecule has 3 rings (SSSR count). The van der Waals surface area contributed by atoms with Gasteiger partial charge >= 0.3 is 5.69 Å². The van der Waals surface area contributed by atoms with E-state index in [2.05, 4.69) is 5.10 Å². The van der Waals surface area contributed by atoms with Crippen LogP contribution in [0.15, 0.2) is 45.0 Å². The Balaban J connectivity index is 2.15. The highest BCUT2D eigenvalue weighted by Gasteiger charge is 2.35.